The number of hydrogen-bond acceptors (Lipinski definition) is 4. The second-order valence-corrected chi connectivity index (χ2v) is 7.22. The molecule has 1 heterocycles. The molecule has 1 N–H and O–H groups in total. The maximum atomic E-state index is 12.5. The minimum absolute atomic E-state index is 0.00742. The van der Waals surface area contributed by atoms with Gasteiger partial charge in [0.1, 0.15) is 0 Å². The predicted molar refractivity (Wildman–Crippen MR) is 71.5 cm³/mol. The van der Waals surface area contributed by atoms with E-state index >= 15 is 0 Å². The summed E-state index contributed by atoms with van der Waals surface area (Å²) in [5, 5.41) is 8.24. The quantitative estimate of drug-likeness (QED) is 0.759. The summed E-state index contributed by atoms with van der Waals surface area (Å²) in [6, 6.07) is -0.151. The maximum absolute atomic E-state index is 12.5. The van der Waals surface area contributed by atoms with E-state index in [-0.39, 0.29) is 19.0 Å². The number of carboxylic acid groups (broad SMARTS) is 1. The van der Waals surface area contributed by atoms with Crippen LogP contribution in [0.4, 0.5) is 0 Å². The normalized spacial score (nSPS) is 18.1. The first-order chi connectivity index (χ1) is 8.85. The van der Waals surface area contributed by atoms with Crippen molar-refractivity contribution < 1.29 is 23.1 Å². The highest BCUT2D eigenvalue weighted by Gasteiger charge is 2.34. The summed E-state index contributed by atoms with van der Waals surface area (Å²) in [6.07, 6.45) is 1.37. The summed E-state index contributed by atoms with van der Waals surface area (Å²) in [7, 11) is -3.36. The average molecular weight is 293 g/mol. The van der Waals surface area contributed by atoms with Gasteiger partial charge in [-0.15, -0.1) is 0 Å². The summed E-state index contributed by atoms with van der Waals surface area (Å²) in [5.41, 5.74) is 0. The minimum Gasteiger partial charge on any atom is -0.481 e. The molecule has 0 atom stereocenters. The van der Waals surface area contributed by atoms with Crippen LogP contribution < -0.4 is 0 Å². The number of carbonyl (C=O) groups is 1. The van der Waals surface area contributed by atoms with Gasteiger partial charge in [-0.1, -0.05) is 0 Å². The van der Waals surface area contributed by atoms with Crippen molar-refractivity contribution in [3.05, 3.63) is 0 Å². The Morgan fingerprint density at radius 3 is 2.42 bits per heavy atom. The van der Waals surface area contributed by atoms with Crippen LogP contribution in [0, 0.1) is 0 Å². The lowest BCUT2D eigenvalue weighted by molar-refractivity contribution is -0.137. The molecule has 0 aromatic heterocycles. The monoisotopic (exact) mass is 293 g/mol. The summed E-state index contributed by atoms with van der Waals surface area (Å²) < 4.78 is 31.7. The first kappa shape index (κ1) is 16.4. The average Bonchev–Trinajstić information content (AvgIpc) is 2.34. The molecule has 0 aromatic rings. The zero-order valence-electron chi connectivity index (χ0n) is 11.5. The van der Waals surface area contributed by atoms with Gasteiger partial charge in [0.05, 0.1) is 5.25 Å². The van der Waals surface area contributed by atoms with E-state index in [9.17, 15) is 13.2 Å². The molecule has 0 amide bonds. The van der Waals surface area contributed by atoms with Gasteiger partial charge in [0.15, 0.2) is 0 Å². The molecule has 7 heteroatoms. The number of nitrogens with zero attached hydrogens (tertiary/aromatic N) is 1. The lowest BCUT2D eigenvalue weighted by Gasteiger charge is -2.32. The van der Waals surface area contributed by atoms with Gasteiger partial charge in [-0.05, 0) is 33.1 Å². The molecule has 0 bridgehead atoms. The Bertz CT molecular complexity index is 387. The Balaban J connectivity index is 2.70. The van der Waals surface area contributed by atoms with Crippen molar-refractivity contribution in [1.29, 1.82) is 0 Å². The second-order valence-electron chi connectivity index (χ2n) is 5.06. The molecule has 0 aliphatic carbocycles. The standard InChI is InChI=1S/C12H23NO5S/c1-10(2)13(7-3-4-12(14)15)19(16,17)11-5-8-18-9-6-11/h10-11H,3-9H2,1-2H3,(H,14,15). The van der Waals surface area contributed by atoms with E-state index in [1.165, 1.54) is 4.31 Å². The van der Waals surface area contributed by atoms with Crippen molar-refractivity contribution in [2.75, 3.05) is 19.8 Å². The highest BCUT2D eigenvalue weighted by molar-refractivity contribution is 7.89. The minimum atomic E-state index is -3.36. The van der Waals surface area contributed by atoms with E-state index in [1.807, 2.05) is 13.8 Å². The number of aliphatic carboxylic acids is 1. The van der Waals surface area contributed by atoms with Crippen LogP contribution in [0.5, 0.6) is 0 Å². The van der Waals surface area contributed by atoms with E-state index in [2.05, 4.69) is 0 Å². The Labute approximate surface area is 114 Å². The van der Waals surface area contributed by atoms with Crippen molar-refractivity contribution >= 4 is 16.0 Å². The molecule has 0 aromatic carbocycles. The predicted octanol–water partition coefficient (Wildman–Crippen LogP) is 1.07. The van der Waals surface area contributed by atoms with Crippen molar-refractivity contribution in [2.24, 2.45) is 0 Å². The van der Waals surface area contributed by atoms with Crippen LogP contribution in [0.1, 0.15) is 39.5 Å². The Morgan fingerprint density at radius 1 is 1.37 bits per heavy atom. The number of ether oxygens (including phenoxy) is 1. The molecule has 1 aliphatic rings. The SMILES string of the molecule is CC(C)N(CCCC(=O)O)S(=O)(=O)C1CCOCC1. The molecule has 0 spiro atoms. The molecular weight excluding hydrogens is 270 g/mol. The molecule has 19 heavy (non-hydrogen) atoms. The van der Waals surface area contributed by atoms with E-state index in [1.54, 1.807) is 0 Å². The van der Waals surface area contributed by atoms with Crippen LogP contribution in [0.25, 0.3) is 0 Å². The molecular formula is C12H23NO5S. The van der Waals surface area contributed by atoms with Crippen molar-refractivity contribution in [1.82, 2.24) is 4.31 Å². The summed E-state index contributed by atoms with van der Waals surface area (Å²) in [6.45, 7) is 4.86. The molecule has 1 saturated heterocycles. The third-order valence-corrected chi connectivity index (χ3v) is 5.83. The smallest absolute Gasteiger partial charge is 0.303 e. The van der Waals surface area contributed by atoms with E-state index < -0.39 is 21.2 Å². The van der Waals surface area contributed by atoms with Crippen LogP contribution in [-0.2, 0) is 19.6 Å². The number of carboxylic acids is 1. The maximum Gasteiger partial charge on any atom is 0.303 e. The summed E-state index contributed by atoms with van der Waals surface area (Å²) >= 11 is 0. The summed E-state index contributed by atoms with van der Waals surface area (Å²) in [5.74, 6) is -0.896. The fourth-order valence-corrected chi connectivity index (χ4v) is 4.37. The molecule has 0 radical (unpaired) electrons. The van der Waals surface area contributed by atoms with E-state index in [4.69, 9.17) is 9.84 Å². The van der Waals surface area contributed by atoms with Gasteiger partial charge in [-0.25, -0.2) is 8.42 Å². The second kappa shape index (κ2) is 7.21. The lowest BCUT2D eigenvalue weighted by atomic mass is 10.2. The van der Waals surface area contributed by atoms with Crippen LogP contribution in [-0.4, -0.2) is 54.8 Å². The fraction of sp³-hybridized carbons (Fsp3) is 0.917. The zero-order valence-corrected chi connectivity index (χ0v) is 12.4. The molecule has 1 rings (SSSR count). The van der Waals surface area contributed by atoms with Gasteiger partial charge in [-0.2, -0.15) is 4.31 Å². The Kier molecular flexibility index (Phi) is 6.22. The molecule has 6 nitrogen and oxygen atoms in total. The van der Waals surface area contributed by atoms with Gasteiger partial charge in [-0.3, -0.25) is 4.79 Å². The molecule has 1 fully saturated rings. The Hall–Kier alpha value is -0.660. The van der Waals surface area contributed by atoms with Gasteiger partial charge in [0, 0.05) is 32.2 Å². The first-order valence-corrected chi connectivity index (χ1v) is 8.16. The molecule has 1 aliphatic heterocycles. The third-order valence-electron chi connectivity index (χ3n) is 3.26. The Morgan fingerprint density at radius 2 is 1.95 bits per heavy atom. The number of hydrogen-bond donors (Lipinski definition) is 1. The van der Waals surface area contributed by atoms with Crippen LogP contribution in [0.2, 0.25) is 0 Å². The van der Waals surface area contributed by atoms with Crippen LogP contribution in [0.15, 0.2) is 0 Å². The van der Waals surface area contributed by atoms with Crippen molar-refractivity contribution in [2.45, 2.75) is 50.8 Å². The first-order valence-electron chi connectivity index (χ1n) is 6.66. The topological polar surface area (TPSA) is 83.9 Å². The van der Waals surface area contributed by atoms with Crippen molar-refractivity contribution in [3.63, 3.8) is 0 Å². The zero-order chi connectivity index (χ0) is 14.5. The van der Waals surface area contributed by atoms with Gasteiger partial charge < -0.3 is 9.84 Å². The third kappa shape index (κ3) is 4.74. The number of sulfonamides is 1. The van der Waals surface area contributed by atoms with Crippen LogP contribution in [0.3, 0.4) is 0 Å². The van der Waals surface area contributed by atoms with Crippen molar-refractivity contribution in [3.8, 4) is 0 Å². The fourth-order valence-electron chi connectivity index (χ4n) is 2.23. The van der Waals surface area contributed by atoms with Gasteiger partial charge >= 0.3 is 5.97 Å². The van der Waals surface area contributed by atoms with Gasteiger partial charge in [0.25, 0.3) is 0 Å². The van der Waals surface area contributed by atoms with Gasteiger partial charge in [0.2, 0.25) is 10.0 Å². The molecule has 112 valence electrons. The lowest BCUT2D eigenvalue weighted by Crippen LogP contribution is -2.45. The largest absolute Gasteiger partial charge is 0.481 e. The molecule has 0 saturated carbocycles. The highest BCUT2D eigenvalue weighted by atomic mass is 32.2. The van der Waals surface area contributed by atoms with E-state index in [0.29, 0.717) is 32.5 Å². The van der Waals surface area contributed by atoms with E-state index in [0.717, 1.165) is 0 Å². The highest BCUT2D eigenvalue weighted by Crippen LogP contribution is 2.22. The number of rotatable bonds is 7. The summed E-state index contributed by atoms with van der Waals surface area (Å²) in [4.78, 5) is 10.5. The van der Waals surface area contributed by atoms with Crippen LogP contribution >= 0.6 is 0 Å². The molecule has 0 unspecified atom stereocenters.